The number of carbonyl (C=O) groups excluding carboxylic acids is 1. The quantitative estimate of drug-likeness (QED) is 0.583. The summed E-state index contributed by atoms with van der Waals surface area (Å²) in [6.45, 7) is 1.74. The van der Waals surface area contributed by atoms with Crippen molar-refractivity contribution in [1.82, 2.24) is 15.5 Å². The number of carbonyl (C=O) groups is 2. The van der Waals surface area contributed by atoms with E-state index in [1.807, 2.05) is 7.05 Å². The summed E-state index contributed by atoms with van der Waals surface area (Å²) >= 11 is 0. The average molecular weight is 245 g/mol. The standard InChI is InChI=1S/C10H19N3O4/c1-13-4-3-7(6-13)12-10(16)11-5-8(17-2)9(14)15/h7-8H,3-6H2,1-2H3,(H,14,15)(H2,11,12,16). The van der Waals surface area contributed by atoms with E-state index in [-0.39, 0.29) is 18.6 Å². The van der Waals surface area contributed by atoms with E-state index in [1.165, 1.54) is 7.11 Å². The van der Waals surface area contributed by atoms with Crippen molar-refractivity contribution in [2.75, 3.05) is 33.8 Å². The van der Waals surface area contributed by atoms with Gasteiger partial charge in [0, 0.05) is 19.7 Å². The molecule has 1 aliphatic heterocycles. The number of methoxy groups -OCH3 is 1. The third-order valence-corrected chi connectivity index (χ3v) is 2.73. The average Bonchev–Trinajstić information content (AvgIpc) is 2.64. The first-order chi connectivity index (χ1) is 8.02. The van der Waals surface area contributed by atoms with Gasteiger partial charge in [0.1, 0.15) is 0 Å². The van der Waals surface area contributed by atoms with Gasteiger partial charge in [-0.15, -0.1) is 0 Å². The van der Waals surface area contributed by atoms with Crippen LogP contribution in [0.5, 0.6) is 0 Å². The van der Waals surface area contributed by atoms with Crippen LogP contribution in [0.4, 0.5) is 4.79 Å². The largest absolute Gasteiger partial charge is 0.479 e. The summed E-state index contributed by atoms with van der Waals surface area (Å²) in [6.07, 6.45) is -0.0942. The topological polar surface area (TPSA) is 90.9 Å². The summed E-state index contributed by atoms with van der Waals surface area (Å²) in [6, 6.07) is -0.223. The van der Waals surface area contributed by atoms with Crippen LogP contribution in [0.2, 0.25) is 0 Å². The molecule has 0 aromatic heterocycles. The summed E-state index contributed by atoms with van der Waals surface area (Å²) in [5.41, 5.74) is 0. The molecule has 3 N–H and O–H groups in total. The number of carboxylic acid groups (broad SMARTS) is 1. The number of nitrogens with one attached hydrogen (secondary N) is 2. The maximum absolute atomic E-state index is 11.5. The highest BCUT2D eigenvalue weighted by atomic mass is 16.5. The van der Waals surface area contributed by atoms with E-state index in [2.05, 4.69) is 15.5 Å². The molecule has 2 amide bonds. The van der Waals surface area contributed by atoms with Crippen LogP contribution in [-0.4, -0.2) is 67.9 Å². The Morgan fingerprint density at radius 3 is 2.76 bits per heavy atom. The van der Waals surface area contributed by atoms with Gasteiger partial charge in [0.25, 0.3) is 0 Å². The highest BCUT2D eigenvalue weighted by Crippen LogP contribution is 2.05. The van der Waals surface area contributed by atoms with Crippen LogP contribution in [0.1, 0.15) is 6.42 Å². The van der Waals surface area contributed by atoms with Gasteiger partial charge in [0.05, 0.1) is 6.54 Å². The Balaban J connectivity index is 2.23. The molecule has 0 saturated carbocycles. The summed E-state index contributed by atoms with van der Waals surface area (Å²) in [5.74, 6) is -1.09. The van der Waals surface area contributed by atoms with Crippen LogP contribution in [0, 0.1) is 0 Å². The summed E-state index contributed by atoms with van der Waals surface area (Å²) < 4.78 is 4.70. The fourth-order valence-electron chi connectivity index (χ4n) is 1.75. The summed E-state index contributed by atoms with van der Waals surface area (Å²) in [5, 5.41) is 14.0. The molecular formula is C10H19N3O4. The third-order valence-electron chi connectivity index (χ3n) is 2.73. The van der Waals surface area contributed by atoms with Crippen LogP contribution in [0.3, 0.4) is 0 Å². The van der Waals surface area contributed by atoms with E-state index in [0.29, 0.717) is 0 Å². The number of hydrogen-bond acceptors (Lipinski definition) is 4. The molecule has 2 unspecified atom stereocenters. The Morgan fingerprint density at radius 1 is 1.59 bits per heavy atom. The van der Waals surface area contributed by atoms with Crippen LogP contribution < -0.4 is 10.6 Å². The van der Waals surface area contributed by atoms with Crippen LogP contribution >= 0.6 is 0 Å². The van der Waals surface area contributed by atoms with Gasteiger partial charge in [0.2, 0.25) is 0 Å². The molecule has 0 aliphatic carbocycles. The number of amides is 2. The third kappa shape index (κ3) is 4.58. The maximum Gasteiger partial charge on any atom is 0.334 e. The smallest absolute Gasteiger partial charge is 0.334 e. The maximum atomic E-state index is 11.5. The molecule has 17 heavy (non-hydrogen) atoms. The lowest BCUT2D eigenvalue weighted by atomic mass is 10.3. The van der Waals surface area contributed by atoms with Crippen molar-refractivity contribution in [2.24, 2.45) is 0 Å². The number of likely N-dealkylation sites (N-methyl/N-ethyl adjacent to an activating group) is 1. The minimum absolute atomic E-state index is 0.0414. The van der Waals surface area contributed by atoms with Gasteiger partial charge >= 0.3 is 12.0 Å². The van der Waals surface area contributed by atoms with E-state index >= 15 is 0 Å². The zero-order chi connectivity index (χ0) is 12.8. The number of carboxylic acids is 1. The number of rotatable bonds is 5. The van der Waals surface area contributed by atoms with Gasteiger partial charge in [-0.1, -0.05) is 0 Å². The van der Waals surface area contributed by atoms with Crippen LogP contribution in [0.15, 0.2) is 0 Å². The molecule has 7 nitrogen and oxygen atoms in total. The molecular weight excluding hydrogens is 226 g/mol. The van der Waals surface area contributed by atoms with Crippen molar-refractivity contribution < 1.29 is 19.4 Å². The van der Waals surface area contributed by atoms with E-state index in [4.69, 9.17) is 9.84 Å². The van der Waals surface area contributed by atoms with Crippen molar-refractivity contribution >= 4 is 12.0 Å². The van der Waals surface area contributed by atoms with Crippen molar-refractivity contribution in [3.05, 3.63) is 0 Å². The Labute approximate surface area is 100 Å². The second-order valence-corrected chi connectivity index (χ2v) is 4.16. The number of urea groups is 1. The van der Waals surface area contributed by atoms with Crippen LogP contribution in [-0.2, 0) is 9.53 Å². The molecule has 0 aromatic carbocycles. The van der Waals surface area contributed by atoms with Gasteiger partial charge in [-0.3, -0.25) is 0 Å². The number of ether oxygens (including phenoxy) is 1. The van der Waals surface area contributed by atoms with Gasteiger partial charge in [-0.2, -0.15) is 0 Å². The second-order valence-electron chi connectivity index (χ2n) is 4.16. The van der Waals surface area contributed by atoms with E-state index in [0.717, 1.165) is 19.5 Å². The van der Waals surface area contributed by atoms with Gasteiger partial charge in [0.15, 0.2) is 6.10 Å². The Kier molecular flexibility index (Phi) is 5.17. The van der Waals surface area contributed by atoms with Crippen molar-refractivity contribution in [3.63, 3.8) is 0 Å². The Bertz CT molecular complexity index is 285. The van der Waals surface area contributed by atoms with Crippen molar-refractivity contribution in [1.29, 1.82) is 0 Å². The summed E-state index contributed by atoms with van der Waals surface area (Å²) in [7, 11) is 3.29. The number of nitrogens with zero attached hydrogens (tertiary/aromatic N) is 1. The number of likely N-dealkylation sites (tertiary alicyclic amines) is 1. The van der Waals surface area contributed by atoms with Gasteiger partial charge < -0.3 is 25.4 Å². The van der Waals surface area contributed by atoms with Gasteiger partial charge in [-0.05, 0) is 20.0 Å². The molecule has 0 bridgehead atoms. The fourth-order valence-corrected chi connectivity index (χ4v) is 1.75. The predicted molar refractivity (Wildman–Crippen MR) is 60.9 cm³/mol. The van der Waals surface area contributed by atoms with Crippen molar-refractivity contribution in [3.8, 4) is 0 Å². The first-order valence-electron chi connectivity index (χ1n) is 5.51. The van der Waals surface area contributed by atoms with E-state index < -0.39 is 12.1 Å². The molecule has 1 fully saturated rings. The van der Waals surface area contributed by atoms with Gasteiger partial charge in [-0.25, -0.2) is 9.59 Å². The summed E-state index contributed by atoms with van der Waals surface area (Å²) in [4.78, 5) is 24.2. The molecule has 0 radical (unpaired) electrons. The molecule has 1 heterocycles. The Hall–Kier alpha value is -1.34. The number of aliphatic carboxylic acids is 1. The molecule has 0 spiro atoms. The zero-order valence-corrected chi connectivity index (χ0v) is 10.1. The predicted octanol–water partition coefficient (Wildman–Crippen LogP) is -0.911. The normalized spacial score (nSPS) is 22.1. The highest BCUT2D eigenvalue weighted by Gasteiger charge is 2.22. The highest BCUT2D eigenvalue weighted by molar-refractivity contribution is 5.77. The molecule has 1 saturated heterocycles. The lowest BCUT2D eigenvalue weighted by Crippen LogP contribution is -2.46. The first-order valence-corrected chi connectivity index (χ1v) is 5.51. The van der Waals surface area contributed by atoms with Crippen molar-refractivity contribution in [2.45, 2.75) is 18.6 Å². The molecule has 2 atom stereocenters. The molecule has 0 aromatic rings. The van der Waals surface area contributed by atoms with Crippen LogP contribution in [0.25, 0.3) is 0 Å². The Morgan fingerprint density at radius 2 is 2.29 bits per heavy atom. The SMILES string of the molecule is COC(CNC(=O)NC1CCN(C)C1)C(=O)O. The second kappa shape index (κ2) is 6.41. The lowest BCUT2D eigenvalue weighted by Gasteiger charge is -2.15. The minimum Gasteiger partial charge on any atom is -0.479 e. The fraction of sp³-hybridized carbons (Fsp3) is 0.800. The molecule has 1 aliphatic rings. The van der Waals surface area contributed by atoms with E-state index in [1.54, 1.807) is 0 Å². The lowest BCUT2D eigenvalue weighted by molar-refractivity contribution is -0.147. The monoisotopic (exact) mass is 245 g/mol. The molecule has 1 rings (SSSR count). The molecule has 98 valence electrons. The zero-order valence-electron chi connectivity index (χ0n) is 10.1. The number of hydrogen-bond donors (Lipinski definition) is 3. The first kappa shape index (κ1) is 13.7. The van der Waals surface area contributed by atoms with E-state index in [9.17, 15) is 9.59 Å². The minimum atomic E-state index is -1.09. The molecule has 7 heteroatoms.